The van der Waals surface area contributed by atoms with E-state index in [2.05, 4.69) is 25.8 Å². The molecule has 2 N–H and O–H groups in total. The molecule has 5 rings (SSSR count). The first-order chi connectivity index (χ1) is 16.5. The fourth-order valence-corrected chi connectivity index (χ4v) is 4.02. The Labute approximate surface area is 194 Å². The van der Waals surface area contributed by atoms with Crippen molar-refractivity contribution < 1.29 is 17.9 Å². The Balaban J connectivity index is 1.52. The summed E-state index contributed by atoms with van der Waals surface area (Å²) in [4.78, 5) is 4.41. The molecule has 4 aromatic rings. The lowest BCUT2D eigenvalue weighted by atomic mass is 10.1. The number of piperidine rings is 1. The van der Waals surface area contributed by atoms with Gasteiger partial charge in [-0.25, -0.2) is 4.98 Å². The molecule has 0 amide bonds. The van der Waals surface area contributed by atoms with E-state index in [1.54, 1.807) is 16.8 Å². The number of hydrogen-bond donors (Lipinski definition) is 2. The lowest BCUT2D eigenvalue weighted by Gasteiger charge is -2.24. The second-order valence-corrected chi connectivity index (χ2v) is 8.16. The lowest BCUT2D eigenvalue weighted by Crippen LogP contribution is -2.38. The van der Waals surface area contributed by atoms with Crippen LogP contribution >= 0.6 is 0 Å². The molecule has 7 nitrogen and oxygen atoms in total. The summed E-state index contributed by atoms with van der Waals surface area (Å²) in [5.41, 5.74) is 0.984. The minimum Gasteiger partial charge on any atom is -0.488 e. The van der Waals surface area contributed by atoms with Gasteiger partial charge >= 0.3 is 6.18 Å². The van der Waals surface area contributed by atoms with Crippen molar-refractivity contribution in [2.45, 2.75) is 31.7 Å². The Morgan fingerprint density at radius 1 is 1.12 bits per heavy atom. The maximum Gasteiger partial charge on any atom is 0.416 e. The van der Waals surface area contributed by atoms with Crippen molar-refractivity contribution in [1.82, 2.24) is 24.9 Å². The van der Waals surface area contributed by atoms with Crippen LogP contribution in [0.15, 0.2) is 60.9 Å². The normalized spacial score (nSPS) is 16.5. The Bertz CT molecular complexity index is 1270. The molecular weight excluding hydrogens is 445 g/mol. The van der Waals surface area contributed by atoms with Crippen molar-refractivity contribution >= 4 is 11.5 Å². The molecule has 176 valence electrons. The van der Waals surface area contributed by atoms with E-state index in [0.29, 0.717) is 22.9 Å². The summed E-state index contributed by atoms with van der Waals surface area (Å²) in [7, 11) is 0. The minimum atomic E-state index is -4.50. The third-order valence-corrected chi connectivity index (χ3v) is 5.75. The number of rotatable bonds is 6. The third kappa shape index (κ3) is 4.67. The van der Waals surface area contributed by atoms with Gasteiger partial charge in [0.05, 0.1) is 11.1 Å². The zero-order chi connectivity index (χ0) is 23.5. The molecule has 0 saturated carbocycles. The van der Waals surface area contributed by atoms with E-state index in [-0.39, 0.29) is 18.4 Å². The van der Waals surface area contributed by atoms with Crippen molar-refractivity contribution in [2.24, 2.45) is 0 Å². The van der Waals surface area contributed by atoms with Crippen LogP contribution in [-0.4, -0.2) is 38.7 Å². The second kappa shape index (κ2) is 9.30. The first-order valence-corrected chi connectivity index (χ1v) is 11.0. The summed E-state index contributed by atoms with van der Waals surface area (Å²) in [5.74, 6) is 0.942. The van der Waals surface area contributed by atoms with E-state index >= 15 is 0 Å². The first kappa shape index (κ1) is 22.1. The van der Waals surface area contributed by atoms with Crippen LogP contribution in [0.25, 0.3) is 17.0 Å². The number of anilines is 1. The number of alkyl halides is 3. The Morgan fingerprint density at radius 3 is 2.74 bits per heavy atom. The van der Waals surface area contributed by atoms with E-state index in [0.717, 1.165) is 43.6 Å². The number of nitrogens with zero attached hydrogens (tertiary/aromatic N) is 4. The fourth-order valence-electron chi connectivity index (χ4n) is 4.02. The van der Waals surface area contributed by atoms with Crippen LogP contribution in [0.3, 0.4) is 0 Å². The van der Waals surface area contributed by atoms with E-state index < -0.39 is 11.7 Å². The molecule has 0 aliphatic carbocycles. The molecule has 0 spiro atoms. The van der Waals surface area contributed by atoms with Gasteiger partial charge in [0, 0.05) is 25.0 Å². The number of imidazole rings is 1. The summed E-state index contributed by atoms with van der Waals surface area (Å²) < 4.78 is 47.9. The van der Waals surface area contributed by atoms with E-state index in [9.17, 15) is 13.2 Å². The standard InChI is InChI=1S/C24H23F3N6O/c25-24(26,27)17-8-9-19(20(13-17)34-15-16-5-2-1-3-6-16)22-32-31-21(23-29-11-12-33(22)23)30-18-7-4-10-28-14-18/h1-3,5-6,8-9,11-13,18,28H,4,7,10,14-15H2,(H,30,31). The van der Waals surface area contributed by atoms with E-state index in [1.165, 1.54) is 6.07 Å². The lowest BCUT2D eigenvalue weighted by molar-refractivity contribution is -0.137. The molecule has 0 radical (unpaired) electrons. The molecule has 2 aromatic carbocycles. The van der Waals surface area contributed by atoms with Crippen LogP contribution in [0.4, 0.5) is 19.0 Å². The molecule has 1 atom stereocenters. The van der Waals surface area contributed by atoms with Gasteiger partial charge in [0.15, 0.2) is 17.3 Å². The van der Waals surface area contributed by atoms with Crippen LogP contribution in [-0.2, 0) is 12.8 Å². The monoisotopic (exact) mass is 468 g/mol. The summed E-state index contributed by atoms with van der Waals surface area (Å²) in [6.45, 7) is 1.91. The number of hydrogen-bond acceptors (Lipinski definition) is 6. The van der Waals surface area contributed by atoms with Gasteiger partial charge < -0.3 is 15.4 Å². The van der Waals surface area contributed by atoms with Crippen LogP contribution in [0, 0.1) is 0 Å². The minimum absolute atomic E-state index is 0.0696. The van der Waals surface area contributed by atoms with E-state index in [1.807, 2.05) is 30.3 Å². The maximum atomic E-state index is 13.4. The number of fused-ring (bicyclic) bond motifs is 1. The third-order valence-electron chi connectivity index (χ3n) is 5.75. The average Bonchev–Trinajstić information content (AvgIpc) is 3.34. The first-order valence-electron chi connectivity index (χ1n) is 11.0. The van der Waals surface area contributed by atoms with Gasteiger partial charge in [-0.3, -0.25) is 4.40 Å². The SMILES string of the molecule is FC(F)(F)c1ccc(-c2nnc(NC3CCCNC3)c3nccn23)c(OCc2ccccc2)c1. The predicted molar refractivity (Wildman–Crippen MR) is 122 cm³/mol. The maximum absolute atomic E-state index is 13.4. The summed E-state index contributed by atoms with van der Waals surface area (Å²) >= 11 is 0. The fraction of sp³-hybridized carbons (Fsp3) is 0.292. The molecule has 0 bridgehead atoms. The summed E-state index contributed by atoms with van der Waals surface area (Å²) in [6.07, 6.45) is 0.881. The van der Waals surface area contributed by atoms with E-state index in [4.69, 9.17) is 4.74 Å². The molecule has 34 heavy (non-hydrogen) atoms. The van der Waals surface area contributed by atoms with Gasteiger partial charge in [0.1, 0.15) is 12.4 Å². The molecule has 10 heteroatoms. The molecule has 2 aromatic heterocycles. The highest BCUT2D eigenvalue weighted by Gasteiger charge is 2.32. The molecule has 1 aliphatic heterocycles. The molecule has 1 fully saturated rings. The van der Waals surface area contributed by atoms with Gasteiger partial charge in [0.25, 0.3) is 0 Å². The molecule has 1 unspecified atom stereocenters. The molecule has 1 saturated heterocycles. The van der Waals surface area contributed by atoms with Crippen LogP contribution < -0.4 is 15.4 Å². The van der Waals surface area contributed by atoms with Crippen molar-refractivity contribution in [3.8, 4) is 17.1 Å². The molecule has 3 heterocycles. The number of ether oxygens (including phenoxy) is 1. The Hall–Kier alpha value is -3.66. The Morgan fingerprint density at radius 2 is 1.97 bits per heavy atom. The van der Waals surface area contributed by atoms with Gasteiger partial charge in [-0.05, 0) is 43.1 Å². The van der Waals surface area contributed by atoms with Gasteiger partial charge in [-0.1, -0.05) is 30.3 Å². The van der Waals surface area contributed by atoms with Crippen molar-refractivity contribution in [3.63, 3.8) is 0 Å². The second-order valence-electron chi connectivity index (χ2n) is 8.16. The highest BCUT2D eigenvalue weighted by molar-refractivity contribution is 5.71. The van der Waals surface area contributed by atoms with Gasteiger partial charge in [-0.15, -0.1) is 10.2 Å². The number of halogens is 3. The molecule has 1 aliphatic rings. The topological polar surface area (TPSA) is 76.4 Å². The van der Waals surface area contributed by atoms with Crippen LogP contribution in [0.2, 0.25) is 0 Å². The van der Waals surface area contributed by atoms with Crippen molar-refractivity contribution in [3.05, 3.63) is 72.1 Å². The average molecular weight is 468 g/mol. The highest BCUT2D eigenvalue weighted by atomic mass is 19.4. The smallest absolute Gasteiger partial charge is 0.416 e. The number of benzene rings is 2. The zero-order valence-corrected chi connectivity index (χ0v) is 18.2. The highest BCUT2D eigenvalue weighted by Crippen LogP contribution is 2.37. The van der Waals surface area contributed by atoms with Crippen molar-refractivity contribution in [1.29, 1.82) is 0 Å². The van der Waals surface area contributed by atoms with Crippen LogP contribution in [0.5, 0.6) is 5.75 Å². The van der Waals surface area contributed by atoms with Crippen LogP contribution in [0.1, 0.15) is 24.0 Å². The molecular formula is C24H23F3N6O. The number of aromatic nitrogens is 4. The largest absolute Gasteiger partial charge is 0.488 e. The van der Waals surface area contributed by atoms with Crippen molar-refractivity contribution in [2.75, 3.05) is 18.4 Å². The Kier molecular flexibility index (Phi) is 6.06. The zero-order valence-electron chi connectivity index (χ0n) is 18.2. The quantitative estimate of drug-likeness (QED) is 0.432. The summed E-state index contributed by atoms with van der Waals surface area (Å²) in [5, 5.41) is 15.4. The summed E-state index contributed by atoms with van der Waals surface area (Å²) in [6, 6.07) is 12.8. The number of nitrogens with one attached hydrogen (secondary N) is 2. The predicted octanol–water partition coefficient (Wildman–Crippen LogP) is 4.55. The van der Waals surface area contributed by atoms with Gasteiger partial charge in [0.2, 0.25) is 0 Å². The van der Waals surface area contributed by atoms with Gasteiger partial charge in [-0.2, -0.15) is 13.2 Å².